The van der Waals surface area contributed by atoms with E-state index >= 15 is 0 Å². The lowest BCUT2D eigenvalue weighted by atomic mass is 10.2. The van der Waals surface area contributed by atoms with Gasteiger partial charge in [-0.1, -0.05) is 26.0 Å². The van der Waals surface area contributed by atoms with Crippen LogP contribution in [0.25, 0.3) is 11.0 Å². The Morgan fingerprint density at radius 3 is 2.68 bits per heavy atom. The number of carbonyl (C=O) groups excluding carboxylic acids is 1. The Balaban J connectivity index is 2.13. The average molecular weight is 302 g/mol. The molecule has 0 saturated heterocycles. The molecule has 118 valence electrons. The smallest absolute Gasteiger partial charge is 0.293 e. The Hall–Kier alpha value is -2.37. The van der Waals surface area contributed by atoms with Crippen LogP contribution in [-0.4, -0.2) is 28.5 Å². The Morgan fingerprint density at radius 1 is 1.27 bits per heavy atom. The summed E-state index contributed by atoms with van der Waals surface area (Å²) in [5, 5.41) is 5.81. The number of hydrogen-bond donors (Lipinski definition) is 2. The molecule has 0 fully saturated rings. The zero-order valence-electron chi connectivity index (χ0n) is 13.2. The summed E-state index contributed by atoms with van der Waals surface area (Å²) in [5.41, 5.74) is 1.46. The molecule has 6 nitrogen and oxygen atoms in total. The lowest BCUT2D eigenvalue weighted by Crippen LogP contribution is -2.33. The van der Waals surface area contributed by atoms with E-state index in [1.54, 1.807) is 4.57 Å². The Morgan fingerprint density at radius 2 is 2.00 bits per heavy atom. The number of hydrogen-bond acceptors (Lipinski definition) is 4. The molecule has 1 amide bonds. The number of benzene rings is 1. The summed E-state index contributed by atoms with van der Waals surface area (Å²) in [6.45, 7) is 7.11. The van der Waals surface area contributed by atoms with Crippen molar-refractivity contribution >= 4 is 22.8 Å². The predicted octanol–water partition coefficient (Wildman–Crippen LogP) is 1.60. The van der Waals surface area contributed by atoms with Gasteiger partial charge in [0, 0.05) is 25.6 Å². The molecule has 0 aliphatic rings. The van der Waals surface area contributed by atoms with Gasteiger partial charge < -0.3 is 15.2 Å². The van der Waals surface area contributed by atoms with Gasteiger partial charge in [0.1, 0.15) is 0 Å². The second kappa shape index (κ2) is 7.06. The molecule has 0 radical (unpaired) electrons. The molecule has 0 aliphatic heterocycles. The minimum atomic E-state index is -0.142. The molecular formula is C16H22N4O2. The average Bonchev–Trinajstić information content (AvgIpc) is 2.51. The number of carbonyl (C=O) groups is 1. The first-order chi connectivity index (χ1) is 10.5. The molecule has 6 heteroatoms. The highest BCUT2D eigenvalue weighted by atomic mass is 16.2. The van der Waals surface area contributed by atoms with E-state index in [0.717, 1.165) is 11.0 Å². The van der Waals surface area contributed by atoms with E-state index in [1.807, 2.05) is 45.0 Å². The van der Waals surface area contributed by atoms with Gasteiger partial charge >= 0.3 is 0 Å². The van der Waals surface area contributed by atoms with Gasteiger partial charge in [0.15, 0.2) is 5.82 Å². The molecule has 1 aromatic carbocycles. The molecule has 0 bridgehead atoms. The zero-order chi connectivity index (χ0) is 16.1. The van der Waals surface area contributed by atoms with Gasteiger partial charge in [-0.15, -0.1) is 0 Å². The number of nitrogens with zero attached hydrogens (tertiary/aromatic N) is 2. The number of rotatable bonds is 6. The van der Waals surface area contributed by atoms with E-state index in [1.165, 1.54) is 0 Å². The van der Waals surface area contributed by atoms with Gasteiger partial charge in [0.2, 0.25) is 5.91 Å². The summed E-state index contributed by atoms with van der Waals surface area (Å²) in [5.74, 6) is 0.273. The van der Waals surface area contributed by atoms with Gasteiger partial charge in [-0.3, -0.25) is 9.59 Å². The molecule has 0 aliphatic carbocycles. The first-order valence-corrected chi connectivity index (χ1v) is 7.55. The predicted molar refractivity (Wildman–Crippen MR) is 88.0 cm³/mol. The summed E-state index contributed by atoms with van der Waals surface area (Å²) < 4.78 is 1.69. The van der Waals surface area contributed by atoms with Crippen molar-refractivity contribution < 1.29 is 4.79 Å². The van der Waals surface area contributed by atoms with E-state index in [9.17, 15) is 9.59 Å². The number of aryl methyl sites for hydroxylation is 1. The fraction of sp³-hybridized carbons (Fsp3) is 0.438. The topological polar surface area (TPSA) is 76.0 Å². The van der Waals surface area contributed by atoms with Gasteiger partial charge in [0.05, 0.1) is 11.0 Å². The first kappa shape index (κ1) is 16.0. The van der Waals surface area contributed by atoms with Crippen LogP contribution in [0.2, 0.25) is 0 Å². The van der Waals surface area contributed by atoms with Crippen molar-refractivity contribution in [2.24, 2.45) is 5.92 Å². The quantitative estimate of drug-likeness (QED) is 0.795. The van der Waals surface area contributed by atoms with Crippen molar-refractivity contribution in [2.75, 3.05) is 18.4 Å². The third kappa shape index (κ3) is 3.44. The van der Waals surface area contributed by atoms with E-state index in [-0.39, 0.29) is 17.4 Å². The molecule has 22 heavy (non-hydrogen) atoms. The SMILES string of the molecule is CCn1c(=O)c(NCCNC(=O)C(C)C)nc2ccccc21. The van der Waals surface area contributed by atoms with Crippen LogP contribution < -0.4 is 16.2 Å². The van der Waals surface area contributed by atoms with Crippen molar-refractivity contribution in [3.05, 3.63) is 34.6 Å². The molecule has 0 unspecified atom stereocenters. The third-order valence-electron chi connectivity index (χ3n) is 3.41. The van der Waals surface area contributed by atoms with Crippen LogP contribution in [0.3, 0.4) is 0 Å². The number of anilines is 1. The van der Waals surface area contributed by atoms with Gasteiger partial charge in [-0.25, -0.2) is 4.98 Å². The van der Waals surface area contributed by atoms with Crippen LogP contribution >= 0.6 is 0 Å². The summed E-state index contributed by atoms with van der Waals surface area (Å²) in [6.07, 6.45) is 0. The minimum absolute atomic E-state index is 0.000704. The van der Waals surface area contributed by atoms with Crippen LogP contribution in [0, 0.1) is 5.92 Å². The van der Waals surface area contributed by atoms with Crippen molar-refractivity contribution in [2.45, 2.75) is 27.3 Å². The summed E-state index contributed by atoms with van der Waals surface area (Å²) in [7, 11) is 0. The normalized spacial score (nSPS) is 10.9. The standard InChI is InChI=1S/C16H22N4O2/c1-4-20-13-8-6-5-7-12(13)19-14(16(20)22)17-9-10-18-15(21)11(2)3/h5-8,11H,4,9-10H2,1-3H3,(H,17,19)(H,18,21). The van der Waals surface area contributed by atoms with Gasteiger partial charge in [-0.05, 0) is 19.1 Å². The molecule has 0 atom stereocenters. The van der Waals surface area contributed by atoms with Crippen LogP contribution in [0.5, 0.6) is 0 Å². The monoisotopic (exact) mass is 302 g/mol. The van der Waals surface area contributed by atoms with Gasteiger partial charge in [0.25, 0.3) is 5.56 Å². The second-order valence-electron chi connectivity index (χ2n) is 5.37. The van der Waals surface area contributed by atoms with E-state index in [2.05, 4.69) is 15.6 Å². The summed E-state index contributed by atoms with van der Waals surface area (Å²) >= 11 is 0. The fourth-order valence-corrected chi connectivity index (χ4v) is 2.19. The Bertz CT molecular complexity index is 722. The number of nitrogens with one attached hydrogen (secondary N) is 2. The molecule has 0 saturated carbocycles. The fourth-order valence-electron chi connectivity index (χ4n) is 2.19. The molecule has 2 aromatic rings. The molecule has 2 rings (SSSR count). The summed E-state index contributed by atoms with van der Waals surface area (Å²) in [6, 6.07) is 7.56. The largest absolute Gasteiger partial charge is 0.364 e. The van der Waals surface area contributed by atoms with Crippen LogP contribution in [0.15, 0.2) is 29.1 Å². The maximum Gasteiger partial charge on any atom is 0.293 e. The lowest BCUT2D eigenvalue weighted by molar-refractivity contribution is -0.123. The molecule has 1 aromatic heterocycles. The number of amides is 1. The highest BCUT2D eigenvalue weighted by Gasteiger charge is 2.09. The van der Waals surface area contributed by atoms with Crippen molar-refractivity contribution in [1.82, 2.24) is 14.9 Å². The molecular weight excluding hydrogens is 280 g/mol. The van der Waals surface area contributed by atoms with E-state index in [0.29, 0.717) is 25.5 Å². The zero-order valence-corrected chi connectivity index (χ0v) is 13.2. The molecule has 2 N–H and O–H groups in total. The maximum absolute atomic E-state index is 12.4. The number of aromatic nitrogens is 2. The highest BCUT2D eigenvalue weighted by Crippen LogP contribution is 2.11. The second-order valence-corrected chi connectivity index (χ2v) is 5.37. The Kier molecular flexibility index (Phi) is 5.14. The van der Waals surface area contributed by atoms with Crippen LogP contribution in [-0.2, 0) is 11.3 Å². The number of para-hydroxylation sites is 2. The van der Waals surface area contributed by atoms with Crippen molar-refractivity contribution in [1.29, 1.82) is 0 Å². The molecule has 0 spiro atoms. The van der Waals surface area contributed by atoms with Crippen molar-refractivity contribution in [3.63, 3.8) is 0 Å². The Labute approximate surface area is 129 Å². The lowest BCUT2D eigenvalue weighted by Gasteiger charge is -2.12. The molecule has 1 heterocycles. The first-order valence-electron chi connectivity index (χ1n) is 7.55. The number of fused-ring (bicyclic) bond motifs is 1. The minimum Gasteiger partial charge on any atom is -0.364 e. The van der Waals surface area contributed by atoms with Crippen LogP contribution in [0.4, 0.5) is 5.82 Å². The van der Waals surface area contributed by atoms with E-state index < -0.39 is 0 Å². The maximum atomic E-state index is 12.4. The third-order valence-corrected chi connectivity index (χ3v) is 3.41. The van der Waals surface area contributed by atoms with E-state index in [4.69, 9.17) is 0 Å². The van der Waals surface area contributed by atoms with Crippen molar-refractivity contribution in [3.8, 4) is 0 Å². The highest BCUT2D eigenvalue weighted by molar-refractivity contribution is 5.78. The van der Waals surface area contributed by atoms with Gasteiger partial charge in [-0.2, -0.15) is 0 Å². The van der Waals surface area contributed by atoms with Crippen LogP contribution in [0.1, 0.15) is 20.8 Å². The summed E-state index contributed by atoms with van der Waals surface area (Å²) in [4.78, 5) is 28.3.